The standard InChI is InChI=1S/C19H25N/c1-2-13-20-17-10-5-9-16(14-17)19-12-6-8-15-7-3-4-11-18(15)19/h3-4,6-8,11-12,16-17,20H,2,5,9-10,13-14H2,1H3. The molecule has 2 unspecified atom stereocenters. The fourth-order valence-corrected chi connectivity index (χ4v) is 3.61. The Morgan fingerprint density at radius 2 is 1.90 bits per heavy atom. The fraction of sp³-hybridized carbons (Fsp3) is 0.474. The summed E-state index contributed by atoms with van der Waals surface area (Å²) >= 11 is 0. The van der Waals surface area contributed by atoms with Crippen LogP contribution in [0, 0.1) is 0 Å². The largest absolute Gasteiger partial charge is 0.314 e. The molecule has 1 heteroatoms. The lowest BCUT2D eigenvalue weighted by Crippen LogP contribution is -2.34. The minimum absolute atomic E-state index is 0.715. The molecule has 1 N–H and O–H groups in total. The zero-order valence-electron chi connectivity index (χ0n) is 12.4. The zero-order valence-corrected chi connectivity index (χ0v) is 12.4. The van der Waals surface area contributed by atoms with Gasteiger partial charge in [-0.2, -0.15) is 0 Å². The second kappa shape index (κ2) is 6.41. The number of hydrogen-bond acceptors (Lipinski definition) is 1. The van der Waals surface area contributed by atoms with E-state index >= 15 is 0 Å². The number of benzene rings is 2. The van der Waals surface area contributed by atoms with Crippen LogP contribution < -0.4 is 5.32 Å². The normalized spacial score (nSPS) is 23.1. The van der Waals surface area contributed by atoms with Crippen LogP contribution in [0.15, 0.2) is 42.5 Å². The van der Waals surface area contributed by atoms with Gasteiger partial charge in [-0.05, 0) is 54.5 Å². The Bertz CT molecular complexity index is 555. The van der Waals surface area contributed by atoms with Crippen LogP contribution in [-0.4, -0.2) is 12.6 Å². The maximum atomic E-state index is 3.72. The molecule has 0 heterocycles. The fourth-order valence-electron chi connectivity index (χ4n) is 3.61. The number of rotatable bonds is 4. The first-order valence-corrected chi connectivity index (χ1v) is 8.09. The van der Waals surface area contributed by atoms with Gasteiger partial charge >= 0.3 is 0 Å². The minimum atomic E-state index is 0.715. The monoisotopic (exact) mass is 267 g/mol. The van der Waals surface area contributed by atoms with Crippen molar-refractivity contribution in [3.8, 4) is 0 Å². The predicted molar refractivity (Wildman–Crippen MR) is 87.2 cm³/mol. The number of fused-ring (bicyclic) bond motifs is 1. The van der Waals surface area contributed by atoms with Gasteiger partial charge in [0, 0.05) is 6.04 Å². The molecular formula is C19H25N. The second-order valence-electron chi connectivity index (χ2n) is 6.08. The van der Waals surface area contributed by atoms with Gasteiger partial charge in [0.05, 0.1) is 0 Å². The van der Waals surface area contributed by atoms with Crippen molar-refractivity contribution in [2.45, 2.75) is 51.0 Å². The van der Waals surface area contributed by atoms with Gasteiger partial charge in [0.25, 0.3) is 0 Å². The molecule has 1 saturated carbocycles. The summed E-state index contributed by atoms with van der Waals surface area (Å²) in [5.74, 6) is 0.726. The van der Waals surface area contributed by atoms with Crippen LogP contribution in [-0.2, 0) is 0 Å². The van der Waals surface area contributed by atoms with Gasteiger partial charge in [-0.15, -0.1) is 0 Å². The molecule has 0 saturated heterocycles. The molecule has 0 spiro atoms. The van der Waals surface area contributed by atoms with E-state index in [1.54, 1.807) is 5.56 Å². The first-order chi connectivity index (χ1) is 9.88. The van der Waals surface area contributed by atoms with Crippen molar-refractivity contribution in [2.24, 2.45) is 0 Å². The summed E-state index contributed by atoms with van der Waals surface area (Å²) in [6, 6.07) is 16.3. The van der Waals surface area contributed by atoms with Crippen molar-refractivity contribution < 1.29 is 0 Å². The molecule has 1 fully saturated rings. The Kier molecular flexibility index (Phi) is 4.37. The van der Waals surface area contributed by atoms with Crippen LogP contribution in [0.25, 0.3) is 10.8 Å². The predicted octanol–water partition coefficient (Wildman–Crippen LogP) is 4.87. The minimum Gasteiger partial charge on any atom is -0.314 e. The maximum Gasteiger partial charge on any atom is 0.00728 e. The van der Waals surface area contributed by atoms with E-state index in [0.29, 0.717) is 6.04 Å². The summed E-state index contributed by atoms with van der Waals surface area (Å²) < 4.78 is 0. The molecule has 1 aliphatic rings. The third kappa shape index (κ3) is 2.88. The van der Waals surface area contributed by atoms with Crippen LogP contribution in [0.1, 0.15) is 50.5 Å². The van der Waals surface area contributed by atoms with Gasteiger partial charge in [0.15, 0.2) is 0 Å². The molecule has 3 rings (SSSR count). The smallest absolute Gasteiger partial charge is 0.00728 e. The van der Waals surface area contributed by atoms with Gasteiger partial charge in [0.1, 0.15) is 0 Å². The highest BCUT2D eigenvalue weighted by molar-refractivity contribution is 5.86. The van der Waals surface area contributed by atoms with E-state index in [1.165, 1.54) is 42.9 Å². The molecule has 1 aliphatic carbocycles. The molecule has 106 valence electrons. The lowest BCUT2D eigenvalue weighted by molar-refractivity contribution is 0.341. The van der Waals surface area contributed by atoms with Crippen molar-refractivity contribution in [3.05, 3.63) is 48.0 Å². The number of hydrogen-bond donors (Lipinski definition) is 1. The zero-order chi connectivity index (χ0) is 13.8. The van der Waals surface area contributed by atoms with Gasteiger partial charge in [-0.3, -0.25) is 0 Å². The first kappa shape index (κ1) is 13.6. The van der Waals surface area contributed by atoms with Crippen LogP contribution in [0.2, 0.25) is 0 Å². The van der Waals surface area contributed by atoms with E-state index in [2.05, 4.69) is 54.7 Å². The molecule has 2 atom stereocenters. The van der Waals surface area contributed by atoms with E-state index in [9.17, 15) is 0 Å². The van der Waals surface area contributed by atoms with Crippen LogP contribution in [0.5, 0.6) is 0 Å². The summed E-state index contributed by atoms with van der Waals surface area (Å²) in [5, 5.41) is 6.56. The van der Waals surface area contributed by atoms with Crippen molar-refractivity contribution in [1.82, 2.24) is 5.32 Å². The SMILES string of the molecule is CCCNC1CCCC(c2cccc3ccccc23)C1. The quantitative estimate of drug-likeness (QED) is 0.833. The highest BCUT2D eigenvalue weighted by Gasteiger charge is 2.23. The van der Waals surface area contributed by atoms with Gasteiger partial charge in [0.2, 0.25) is 0 Å². The Hall–Kier alpha value is -1.34. The molecular weight excluding hydrogens is 242 g/mol. The Balaban J connectivity index is 1.83. The third-order valence-electron chi connectivity index (χ3n) is 4.62. The highest BCUT2D eigenvalue weighted by Crippen LogP contribution is 2.36. The molecule has 20 heavy (non-hydrogen) atoms. The molecule has 2 aromatic carbocycles. The van der Waals surface area contributed by atoms with E-state index in [4.69, 9.17) is 0 Å². The maximum absolute atomic E-state index is 3.72. The van der Waals surface area contributed by atoms with Crippen LogP contribution in [0.3, 0.4) is 0 Å². The average molecular weight is 267 g/mol. The molecule has 0 aliphatic heterocycles. The summed E-state index contributed by atoms with van der Waals surface area (Å²) in [4.78, 5) is 0. The summed E-state index contributed by atoms with van der Waals surface area (Å²) in [6.45, 7) is 3.41. The van der Waals surface area contributed by atoms with Crippen molar-refractivity contribution in [3.63, 3.8) is 0 Å². The van der Waals surface area contributed by atoms with Gasteiger partial charge < -0.3 is 5.32 Å². The van der Waals surface area contributed by atoms with Gasteiger partial charge in [-0.1, -0.05) is 55.8 Å². The lowest BCUT2D eigenvalue weighted by Gasteiger charge is -2.31. The summed E-state index contributed by atoms with van der Waals surface area (Å²) in [6.07, 6.45) is 6.58. The molecule has 0 amide bonds. The van der Waals surface area contributed by atoms with Crippen molar-refractivity contribution in [1.29, 1.82) is 0 Å². The van der Waals surface area contributed by atoms with E-state index < -0.39 is 0 Å². The molecule has 0 bridgehead atoms. The topological polar surface area (TPSA) is 12.0 Å². The van der Waals surface area contributed by atoms with E-state index in [0.717, 1.165) is 12.5 Å². The first-order valence-electron chi connectivity index (χ1n) is 8.09. The summed E-state index contributed by atoms with van der Waals surface area (Å²) in [5.41, 5.74) is 1.56. The Labute approximate surface area is 122 Å². The molecule has 0 radical (unpaired) electrons. The molecule has 1 nitrogen and oxygen atoms in total. The highest BCUT2D eigenvalue weighted by atomic mass is 14.9. The average Bonchev–Trinajstić information content (AvgIpc) is 2.52. The van der Waals surface area contributed by atoms with E-state index in [-0.39, 0.29) is 0 Å². The second-order valence-corrected chi connectivity index (χ2v) is 6.08. The van der Waals surface area contributed by atoms with Gasteiger partial charge in [-0.25, -0.2) is 0 Å². The van der Waals surface area contributed by atoms with Crippen molar-refractivity contribution >= 4 is 10.8 Å². The number of nitrogens with one attached hydrogen (secondary N) is 1. The Morgan fingerprint density at radius 1 is 1.05 bits per heavy atom. The summed E-state index contributed by atoms with van der Waals surface area (Å²) in [7, 11) is 0. The van der Waals surface area contributed by atoms with E-state index in [1.807, 2.05) is 0 Å². The molecule has 0 aromatic heterocycles. The third-order valence-corrected chi connectivity index (χ3v) is 4.62. The molecule has 2 aromatic rings. The van der Waals surface area contributed by atoms with Crippen LogP contribution >= 0.6 is 0 Å². The lowest BCUT2D eigenvalue weighted by atomic mass is 9.79. The van der Waals surface area contributed by atoms with Crippen molar-refractivity contribution in [2.75, 3.05) is 6.54 Å². The Morgan fingerprint density at radius 3 is 2.80 bits per heavy atom. The van der Waals surface area contributed by atoms with Crippen LogP contribution in [0.4, 0.5) is 0 Å².